The van der Waals surface area contributed by atoms with Crippen LogP contribution < -0.4 is 15.3 Å². The highest BCUT2D eigenvalue weighted by atomic mass is 28.3. The molecule has 1 aliphatic rings. The van der Waals surface area contributed by atoms with Crippen LogP contribution in [0.25, 0.3) is 54.6 Å². The van der Waals surface area contributed by atoms with Crippen LogP contribution in [-0.2, 0) is 5.41 Å². The molecule has 0 N–H and O–H groups in total. The minimum atomic E-state index is -2.13. The quantitative estimate of drug-likeness (QED) is 0.138. The minimum absolute atomic E-state index is 0.128. The van der Waals surface area contributed by atoms with Crippen molar-refractivity contribution in [2.75, 3.05) is 4.90 Å². The molecule has 8 aromatic carbocycles. The van der Waals surface area contributed by atoms with Gasteiger partial charge in [0.1, 0.15) is 8.07 Å². The van der Waals surface area contributed by atoms with Gasteiger partial charge in [-0.3, -0.25) is 0 Å². The SMILES string of the molecule is CC(C)(C)c1ccc(-c2cc3cccc4c5c(c6cccc2c6c34)[Si](C)(C)c2cc(N(c3ccccc3)c3ccccc3)ccc2-5)cc1. The van der Waals surface area contributed by atoms with E-state index in [1.807, 2.05) is 0 Å². The second kappa shape index (κ2) is 10.4. The maximum Gasteiger partial charge on any atom is 0.114 e. The topological polar surface area (TPSA) is 3.24 Å². The molecule has 0 saturated carbocycles. The smallest absolute Gasteiger partial charge is 0.114 e. The van der Waals surface area contributed by atoms with Crippen molar-refractivity contribution in [2.24, 2.45) is 0 Å². The predicted molar refractivity (Wildman–Crippen MR) is 211 cm³/mol. The number of hydrogen-bond acceptors (Lipinski definition) is 1. The van der Waals surface area contributed by atoms with Gasteiger partial charge >= 0.3 is 0 Å². The van der Waals surface area contributed by atoms with Gasteiger partial charge in [-0.25, -0.2) is 0 Å². The number of benzene rings is 8. The van der Waals surface area contributed by atoms with Gasteiger partial charge in [0.2, 0.25) is 0 Å². The Morgan fingerprint density at radius 1 is 0.500 bits per heavy atom. The Kier molecular flexibility index (Phi) is 6.29. The maximum atomic E-state index is 2.56. The molecule has 0 amide bonds. The summed E-state index contributed by atoms with van der Waals surface area (Å²) in [6, 6.07) is 54.5. The van der Waals surface area contributed by atoms with E-state index in [-0.39, 0.29) is 5.41 Å². The number of fused-ring (bicyclic) bond motifs is 5. The molecule has 0 fully saturated rings. The van der Waals surface area contributed by atoms with Crippen molar-refractivity contribution in [1.82, 2.24) is 0 Å². The van der Waals surface area contributed by atoms with E-state index in [9.17, 15) is 0 Å². The van der Waals surface area contributed by atoms with Crippen LogP contribution in [0.5, 0.6) is 0 Å². The van der Waals surface area contributed by atoms with Gasteiger partial charge < -0.3 is 4.90 Å². The fraction of sp³-hybridized carbons (Fsp3) is 0.130. The molecular weight excluding hydrogens is 595 g/mol. The van der Waals surface area contributed by atoms with Crippen molar-refractivity contribution < 1.29 is 0 Å². The van der Waals surface area contributed by atoms with Gasteiger partial charge in [0, 0.05) is 17.1 Å². The molecule has 9 rings (SSSR count). The summed E-state index contributed by atoms with van der Waals surface area (Å²) >= 11 is 0. The van der Waals surface area contributed by atoms with E-state index in [0.717, 1.165) is 0 Å². The molecule has 2 heteroatoms. The van der Waals surface area contributed by atoms with Crippen LogP contribution >= 0.6 is 0 Å². The first-order valence-corrected chi connectivity index (χ1v) is 20.1. The average Bonchev–Trinajstić information content (AvgIpc) is 3.34. The van der Waals surface area contributed by atoms with Crippen LogP contribution in [0.2, 0.25) is 13.1 Å². The molecular formula is C46H39NSi. The fourth-order valence-electron chi connectivity index (χ4n) is 8.39. The van der Waals surface area contributed by atoms with Crippen molar-refractivity contribution in [3.63, 3.8) is 0 Å². The molecule has 0 spiro atoms. The second-order valence-electron chi connectivity index (χ2n) is 15.0. The van der Waals surface area contributed by atoms with Crippen LogP contribution in [0.3, 0.4) is 0 Å². The average molecular weight is 634 g/mol. The zero-order valence-electron chi connectivity index (χ0n) is 28.3. The number of rotatable bonds is 4. The van der Waals surface area contributed by atoms with Gasteiger partial charge in [-0.15, -0.1) is 0 Å². The molecule has 0 saturated heterocycles. The molecule has 48 heavy (non-hydrogen) atoms. The molecule has 0 aromatic heterocycles. The van der Waals surface area contributed by atoms with Gasteiger partial charge in [0.15, 0.2) is 0 Å². The van der Waals surface area contributed by atoms with E-state index < -0.39 is 8.07 Å². The second-order valence-corrected chi connectivity index (χ2v) is 19.3. The number of hydrogen-bond donors (Lipinski definition) is 0. The molecule has 0 radical (unpaired) electrons. The van der Waals surface area contributed by atoms with Gasteiger partial charge in [0.25, 0.3) is 0 Å². The van der Waals surface area contributed by atoms with E-state index in [1.54, 1.807) is 5.19 Å². The Morgan fingerprint density at radius 3 is 1.79 bits per heavy atom. The summed E-state index contributed by atoms with van der Waals surface area (Å²) in [6.07, 6.45) is 0. The highest BCUT2D eigenvalue weighted by Crippen LogP contribution is 2.47. The number of para-hydroxylation sites is 2. The summed E-state index contributed by atoms with van der Waals surface area (Å²) < 4.78 is 0. The zero-order chi connectivity index (χ0) is 32.8. The van der Waals surface area contributed by atoms with Gasteiger partial charge in [-0.2, -0.15) is 0 Å². The largest absolute Gasteiger partial charge is 0.311 e. The third kappa shape index (κ3) is 4.22. The number of anilines is 3. The van der Waals surface area contributed by atoms with Crippen LogP contribution in [0.15, 0.2) is 146 Å². The Labute approximate surface area is 284 Å². The van der Waals surface area contributed by atoms with E-state index in [0.29, 0.717) is 0 Å². The van der Waals surface area contributed by atoms with Crippen molar-refractivity contribution in [3.8, 4) is 22.3 Å². The lowest BCUT2D eigenvalue weighted by molar-refractivity contribution is 0.590. The van der Waals surface area contributed by atoms with E-state index in [4.69, 9.17) is 0 Å². The van der Waals surface area contributed by atoms with Crippen LogP contribution in [0, 0.1) is 0 Å². The summed E-state index contributed by atoms with van der Waals surface area (Å²) in [6.45, 7) is 12.0. The Hall–Kier alpha value is -5.18. The van der Waals surface area contributed by atoms with Crippen molar-refractivity contribution >= 4 is 67.8 Å². The first-order chi connectivity index (χ1) is 23.2. The van der Waals surface area contributed by atoms with Crippen LogP contribution in [0.4, 0.5) is 17.1 Å². The van der Waals surface area contributed by atoms with Crippen molar-refractivity contribution in [3.05, 3.63) is 151 Å². The minimum Gasteiger partial charge on any atom is -0.311 e. The maximum absolute atomic E-state index is 2.56. The van der Waals surface area contributed by atoms with Crippen LogP contribution in [0.1, 0.15) is 26.3 Å². The zero-order valence-corrected chi connectivity index (χ0v) is 29.3. The normalized spacial score (nSPS) is 13.7. The molecule has 8 aromatic rings. The summed E-state index contributed by atoms with van der Waals surface area (Å²) in [5.41, 5.74) is 10.5. The first-order valence-electron chi connectivity index (χ1n) is 17.1. The first kappa shape index (κ1) is 29.0. The highest BCUT2D eigenvalue weighted by molar-refractivity contribution is 7.05. The lowest BCUT2D eigenvalue weighted by atomic mass is 9.84. The van der Waals surface area contributed by atoms with Crippen molar-refractivity contribution in [1.29, 1.82) is 0 Å². The summed E-state index contributed by atoms with van der Waals surface area (Å²) in [7, 11) is -2.13. The number of nitrogens with zero attached hydrogens (tertiary/aromatic N) is 1. The standard InChI is InChI=1S/C46H39NSi/c1-46(2,3)32-24-22-30(23-25-32)40-28-31-14-12-20-38-42(31)43-36(40)19-13-21-39(43)45-44(38)37-27-26-35(29-41(37)48(45,4)5)47(33-15-8-6-9-16-33)34-17-10-7-11-18-34/h6-29H,1-5H3. The molecule has 0 unspecified atom stereocenters. The van der Waals surface area contributed by atoms with E-state index in [2.05, 4.69) is 184 Å². The monoisotopic (exact) mass is 633 g/mol. The summed E-state index contributed by atoms with van der Waals surface area (Å²) in [4.78, 5) is 2.40. The lowest BCUT2D eigenvalue weighted by Crippen LogP contribution is -2.49. The molecule has 0 aliphatic carbocycles. The molecule has 1 nitrogen and oxygen atoms in total. The van der Waals surface area contributed by atoms with E-state index >= 15 is 0 Å². The highest BCUT2D eigenvalue weighted by Gasteiger charge is 2.41. The third-order valence-electron chi connectivity index (χ3n) is 10.7. The van der Waals surface area contributed by atoms with Gasteiger partial charge in [-0.05, 0) is 118 Å². The van der Waals surface area contributed by atoms with Gasteiger partial charge in [-0.1, -0.05) is 137 Å². The predicted octanol–water partition coefficient (Wildman–Crippen LogP) is 11.8. The Bertz CT molecular complexity index is 2450. The summed E-state index contributed by atoms with van der Waals surface area (Å²) in [5, 5.41) is 11.4. The molecule has 0 bridgehead atoms. The van der Waals surface area contributed by atoms with Gasteiger partial charge in [0.05, 0.1) is 0 Å². The molecule has 232 valence electrons. The molecule has 0 atom stereocenters. The Balaban J connectivity index is 1.29. The Morgan fingerprint density at radius 2 is 1.12 bits per heavy atom. The molecule has 1 aliphatic heterocycles. The third-order valence-corrected chi connectivity index (χ3v) is 14.2. The fourth-order valence-corrected chi connectivity index (χ4v) is 11.8. The molecule has 1 heterocycles. The summed E-state index contributed by atoms with van der Waals surface area (Å²) in [5.74, 6) is 0. The lowest BCUT2D eigenvalue weighted by Gasteiger charge is -2.27. The van der Waals surface area contributed by atoms with Crippen LogP contribution in [-0.4, -0.2) is 8.07 Å². The van der Waals surface area contributed by atoms with E-state index in [1.165, 1.54) is 82.4 Å². The van der Waals surface area contributed by atoms with Crippen molar-refractivity contribution in [2.45, 2.75) is 39.3 Å².